The Morgan fingerprint density at radius 2 is 2.00 bits per heavy atom. The van der Waals surface area contributed by atoms with E-state index in [0.717, 1.165) is 22.9 Å². The largest absolute Gasteiger partial charge is 0.311 e. The van der Waals surface area contributed by atoms with E-state index >= 15 is 0 Å². The van der Waals surface area contributed by atoms with Crippen molar-refractivity contribution in [3.8, 4) is 0 Å². The third-order valence-electron chi connectivity index (χ3n) is 4.59. The minimum absolute atomic E-state index is 0.568. The zero-order valence-electron chi connectivity index (χ0n) is 11.6. The van der Waals surface area contributed by atoms with Crippen molar-refractivity contribution >= 4 is 15.9 Å². The van der Waals surface area contributed by atoms with Gasteiger partial charge in [0.1, 0.15) is 0 Å². The van der Waals surface area contributed by atoms with Gasteiger partial charge in [-0.1, -0.05) is 28.1 Å². The molecule has 104 valence electrons. The summed E-state index contributed by atoms with van der Waals surface area (Å²) in [6.07, 6.45) is 3.85. The Kier molecular flexibility index (Phi) is 4.25. The maximum atomic E-state index is 3.87. The number of piperidine rings is 1. The molecule has 3 rings (SSSR count). The lowest BCUT2D eigenvalue weighted by Crippen LogP contribution is -2.47. The van der Waals surface area contributed by atoms with Crippen molar-refractivity contribution in [2.24, 2.45) is 5.92 Å². The molecule has 0 radical (unpaired) electrons. The van der Waals surface area contributed by atoms with Crippen LogP contribution in [0.2, 0.25) is 0 Å². The second kappa shape index (κ2) is 5.94. The number of hydrogen-bond donors (Lipinski definition) is 1. The van der Waals surface area contributed by atoms with Crippen LogP contribution in [0.5, 0.6) is 0 Å². The third kappa shape index (κ3) is 3.39. The summed E-state index contributed by atoms with van der Waals surface area (Å²) >= 11 is 3.49. The van der Waals surface area contributed by atoms with Gasteiger partial charge in [-0.3, -0.25) is 0 Å². The molecule has 0 amide bonds. The zero-order valence-corrected chi connectivity index (χ0v) is 13.2. The molecule has 0 spiro atoms. The fourth-order valence-electron chi connectivity index (χ4n) is 3.57. The van der Waals surface area contributed by atoms with Crippen LogP contribution in [0.3, 0.4) is 0 Å². The highest BCUT2D eigenvalue weighted by molar-refractivity contribution is 9.10. The molecule has 2 nitrogen and oxygen atoms in total. The molecule has 0 saturated carbocycles. The van der Waals surface area contributed by atoms with Gasteiger partial charge in [-0.15, -0.1) is 0 Å². The van der Waals surface area contributed by atoms with E-state index in [-0.39, 0.29) is 0 Å². The molecule has 4 atom stereocenters. The van der Waals surface area contributed by atoms with Gasteiger partial charge in [-0.05, 0) is 62.9 Å². The average molecular weight is 323 g/mol. The highest BCUT2D eigenvalue weighted by atomic mass is 79.9. The second-order valence-electron chi connectivity index (χ2n) is 6.14. The predicted molar refractivity (Wildman–Crippen MR) is 83.4 cm³/mol. The summed E-state index contributed by atoms with van der Waals surface area (Å²) in [6.45, 7) is 6.26. The van der Waals surface area contributed by atoms with Gasteiger partial charge in [-0.25, -0.2) is 0 Å². The first-order chi connectivity index (χ1) is 9.20. The fraction of sp³-hybridized carbons (Fsp3) is 0.625. The zero-order chi connectivity index (χ0) is 13.2. The van der Waals surface area contributed by atoms with Crippen LogP contribution in [-0.2, 0) is 6.42 Å². The molecule has 1 aromatic rings. The molecular weight excluding hydrogens is 300 g/mol. The maximum absolute atomic E-state index is 3.87. The molecule has 2 heterocycles. The van der Waals surface area contributed by atoms with E-state index in [0.29, 0.717) is 6.04 Å². The molecule has 1 aromatic carbocycles. The van der Waals surface area contributed by atoms with Crippen LogP contribution >= 0.6 is 15.9 Å². The fourth-order valence-corrected chi connectivity index (χ4v) is 3.83. The molecule has 2 saturated heterocycles. The number of nitrogens with one attached hydrogen (secondary N) is 1. The van der Waals surface area contributed by atoms with Gasteiger partial charge in [0.2, 0.25) is 0 Å². The summed E-state index contributed by atoms with van der Waals surface area (Å²) in [6, 6.07) is 10.0. The van der Waals surface area contributed by atoms with Crippen molar-refractivity contribution in [3.63, 3.8) is 0 Å². The lowest BCUT2D eigenvalue weighted by molar-refractivity contribution is 0.211. The van der Waals surface area contributed by atoms with Crippen LogP contribution in [0.25, 0.3) is 0 Å². The Hall–Kier alpha value is -0.380. The molecule has 4 unspecified atom stereocenters. The molecule has 0 aliphatic carbocycles. The maximum Gasteiger partial charge on any atom is 0.0175 e. The summed E-state index contributed by atoms with van der Waals surface area (Å²) in [5.41, 5.74) is 1.42. The van der Waals surface area contributed by atoms with Crippen LogP contribution < -0.4 is 5.32 Å². The Labute approximate surface area is 124 Å². The first-order valence-electron chi connectivity index (χ1n) is 7.43. The first-order valence-corrected chi connectivity index (χ1v) is 8.23. The van der Waals surface area contributed by atoms with Crippen molar-refractivity contribution < 1.29 is 0 Å². The van der Waals surface area contributed by atoms with E-state index in [1.54, 1.807) is 0 Å². The number of rotatable bonds is 4. The predicted octanol–water partition coefficient (Wildman–Crippen LogP) is 3.06. The lowest BCUT2D eigenvalue weighted by atomic mass is 9.93. The molecule has 2 aliphatic heterocycles. The minimum Gasteiger partial charge on any atom is -0.311 e. The Balaban J connectivity index is 1.53. The van der Waals surface area contributed by atoms with E-state index in [1.807, 2.05) is 0 Å². The van der Waals surface area contributed by atoms with Crippen molar-refractivity contribution in [2.45, 2.75) is 38.3 Å². The Morgan fingerprint density at radius 3 is 2.79 bits per heavy atom. The molecule has 19 heavy (non-hydrogen) atoms. The smallest absolute Gasteiger partial charge is 0.0175 e. The van der Waals surface area contributed by atoms with Crippen LogP contribution in [0, 0.1) is 5.92 Å². The van der Waals surface area contributed by atoms with E-state index < -0.39 is 0 Å². The summed E-state index contributed by atoms with van der Waals surface area (Å²) in [7, 11) is 0. The normalized spacial score (nSPS) is 31.4. The second-order valence-corrected chi connectivity index (χ2v) is 7.06. The third-order valence-corrected chi connectivity index (χ3v) is 5.12. The topological polar surface area (TPSA) is 15.3 Å². The average Bonchev–Trinajstić information content (AvgIpc) is 2.79. The summed E-state index contributed by atoms with van der Waals surface area (Å²) in [5.74, 6) is 0.890. The molecule has 3 heteroatoms. The molecule has 2 aliphatic rings. The van der Waals surface area contributed by atoms with Crippen molar-refractivity contribution in [1.82, 2.24) is 10.2 Å². The van der Waals surface area contributed by atoms with Gasteiger partial charge >= 0.3 is 0 Å². The SMILES string of the molecule is CC(Cc1ccc(Br)cc1)NC1CCN2CCC1C2. The van der Waals surface area contributed by atoms with Crippen LogP contribution in [0.1, 0.15) is 25.3 Å². The number of halogens is 1. The van der Waals surface area contributed by atoms with Gasteiger partial charge < -0.3 is 10.2 Å². The molecule has 1 N–H and O–H groups in total. The van der Waals surface area contributed by atoms with Gasteiger partial charge in [0.15, 0.2) is 0 Å². The van der Waals surface area contributed by atoms with Gasteiger partial charge in [-0.2, -0.15) is 0 Å². The number of fused-ring (bicyclic) bond motifs is 2. The van der Waals surface area contributed by atoms with Crippen molar-refractivity contribution in [1.29, 1.82) is 0 Å². The Bertz CT molecular complexity index is 417. The van der Waals surface area contributed by atoms with Crippen molar-refractivity contribution in [3.05, 3.63) is 34.3 Å². The van der Waals surface area contributed by atoms with Crippen molar-refractivity contribution in [2.75, 3.05) is 19.6 Å². The molecule has 0 aromatic heterocycles. The monoisotopic (exact) mass is 322 g/mol. The van der Waals surface area contributed by atoms with Gasteiger partial charge in [0.25, 0.3) is 0 Å². The highest BCUT2D eigenvalue weighted by Gasteiger charge is 2.34. The van der Waals surface area contributed by atoms with Gasteiger partial charge in [0.05, 0.1) is 0 Å². The minimum atomic E-state index is 0.568. The number of benzene rings is 1. The van der Waals surface area contributed by atoms with E-state index in [1.165, 1.54) is 38.0 Å². The van der Waals surface area contributed by atoms with Gasteiger partial charge in [0, 0.05) is 23.1 Å². The summed E-state index contributed by atoms with van der Waals surface area (Å²) in [4.78, 5) is 2.61. The number of nitrogens with zero attached hydrogens (tertiary/aromatic N) is 1. The lowest BCUT2D eigenvalue weighted by Gasteiger charge is -2.33. The summed E-state index contributed by atoms with van der Waals surface area (Å²) in [5, 5.41) is 3.87. The molecular formula is C16H23BrN2. The standard InChI is InChI=1S/C16H23BrN2/c1-12(10-13-2-4-15(17)5-3-13)18-16-7-9-19-8-6-14(16)11-19/h2-5,12,14,16,18H,6-11H2,1H3. The Morgan fingerprint density at radius 1 is 1.26 bits per heavy atom. The van der Waals surface area contributed by atoms with Crippen LogP contribution in [-0.4, -0.2) is 36.6 Å². The first kappa shape index (κ1) is 13.6. The molecule has 2 bridgehead atoms. The van der Waals surface area contributed by atoms with E-state index in [4.69, 9.17) is 0 Å². The quantitative estimate of drug-likeness (QED) is 0.916. The highest BCUT2D eigenvalue weighted by Crippen LogP contribution is 2.27. The molecule has 2 fully saturated rings. The van der Waals surface area contributed by atoms with Crippen LogP contribution in [0.15, 0.2) is 28.7 Å². The van der Waals surface area contributed by atoms with E-state index in [2.05, 4.69) is 57.3 Å². The van der Waals surface area contributed by atoms with E-state index in [9.17, 15) is 0 Å². The number of hydrogen-bond acceptors (Lipinski definition) is 2. The summed E-state index contributed by atoms with van der Waals surface area (Å²) < 4.78 is 1.16. The van der Waals surface area contributed by atoms with Crippen LogP contribution in [0.4, 0.5) is 0 Å².